The van der Waals surface area contributed by atoms with Crippen molar-refractivity contribution in [2.75, 3.05) is 23.3 Å². The molecule has 0 saturated carbocycles. The molecule has 2 aromatic carbocycles. The van der Waals surface area contributed by atoms with Crippen molar-refractivity contribution in [2.24, 2.45) is 0 Å². The van der Waals surface area contributed by atoms with E-state index in [0.717, 1.165) is 18.8 Å². The summed E-state index contributed by atoms with van der Waals surface area (Å²) in [5.41, 5.74) is 2.45. The van der Waals surface area contributed by atoms with Gasteiger partial charge in [0.2, 0.25) is 0 Å². The van der Waals surface area contributed by atoms with Crippen LogP contribution < -0.4 is 10.2 Å². The van der Waals surface area contributed by atoms with Gasteiger partial charge in [-0.2, -0.15) is 0 Å². The molecule has 1 fully saturated rings. The fraction of sp³-hybridized carbons (Fsp3) is 0.235. The molecule has 3 rings (SSSR count). The van der Waals surface area contributed by atoms with Crippen molar-refractivity contribution in [1.29, 1.82) is 0 Å². The van der Waals surface area contributed by atoms with Crippen LogP contribution >= 0.6 is 23.2 Å². The van der Waals surface area contributed by atoms with Gasteiger partial charge in [0.05, 0.1) is 10.0 Å². The highest BCUT2D eigenvalue weighted by Crippen LogP contribution is 2.24. The van der Waals surface area contributed by atoms with E-state index >= 15 is 0 Å². The molecule has 1 heterocycles. The van der Waals surface area contributed by atoms with Crippen LogP contribution in [0.4, 0.5) is 11.4 Å². The zero-order chi connectivity index (χ0) is 15.5. The zero-order valence-corrected chi connectivity index (χ0v) is 13.5. The Morgan fingerprint density at radius 1 is 0.955 bits per heavy atom. The van der Waals surface area contributed by atoms with Crippen LogP contribution in [0.25, 0.3) is 0 Å². The number of rotatable bonds is 3. The van der Waals surface area contributed by atoms with E-state index < -0.39 is 0 Å². The molecule has 5 heteroatoms. The van der Waals surface area contributed by atoms with Crippen LogP contribution in [0.2, 0.25) is 10.0 Å². The maximum absolute atomic E-state index is 12.2. The van der Waals surface area contributed by atoms with Gasteiger partial charge in [-0.25, -0.2) is 0 Å². The van der Waals surface area contributed by atoms with Crippen molar-refractivity contribution in [1.82, 2.24) is 0 Å². The van der Waals surface area contributed by atoms with E-state index in [1.165, 1.54) is 18.5 Å². The van der Waals surface area contributed by atoms with Gasteiger partial charge in [-0.3, -0.25) is 4.79 Å². The van der Waals surface area contributed by atoms with E-state index in [0.29, 0.717) is 15.6 Å². The normalized spacial score (nSPS) is 14.2. The Hall–Kier alpha value is -1.71. The van der Waals surface area contributed by atoms with Gasteiger partial charge in [0.1, 0.15) is 0 Å². The van der Waals surface area contributed by atoms with Gasteiger partial charge < -0.3 is 10.2 Å². The van der Waals surface area contributed by atoms with Crippen LogP contribution in [0.3, 0.4) is 0 Å². The maximum atomic E-state index is 12.2. The molecule has 1 aliphatic rings. The molecule has 0 spiro atoms. The molecule has 0 bridgehead atoms. The minimum Gasteiger partial charge on any atom is -0.372 e. The highest BCUT2D eigenvalue weighted by molar-refractivity contribution is 6.42. The van der Waals surface area contributed by atoms with Crippen molar-refractivity contribution in [3.63, 3.8) is 0 Å². The molecular weight excluding hydrogens is 319 g/mol. The molecule has 3 nitrogen and oxygen atoms in total. The summed E-state index contributed by atoms with van der Waals surface area (Å²) in [7, 11) is 0. The van der Waals surface area contributed by atoms with Crippen molar-refractivity contribution < 1.29 is 4.79 Å². The first-order valence-corrected chi connectivity index (χ1v) is 8.00. The summed E-state index contributed by atoms with van der Waals surface area (Å²) in [6.07, 6.45) is 2.49. The highest BCUT2D eigenvalue weighted by atomic mass is 35.5. The fourth-order valence-electron chi connectivity index (χ4n) is 2.57. The van der Waals surface area contributed by atoms with Gasteiger partial charge in [-0.05, 0) is 55.3 Å². The monoisotopic (exact) mass is 334 g/mol. The molecule has 0 atom stereocenters. The number of carbonyl (C=O) groups excluding carboxylic acids is 1. The van der Waals surface area contributed by atoms with Crippen molar-refractivity contribution in [3.05, 3.63) is 58.1 Å². The second-order valence-electron chi connectivity index (χ2n) is 5.32. The van der Waals surface area contributed by atoms with Crippen molar-refractivity contribution in [2.45, 2.75) is 12.8 Å². The number of hydrogen-bond acceptors (Lipinski definition) is 2. The van der Waals surface area contributed by atoms with Gasteiger partial charge in [0.15, 0.2) is 0 Å². The molecule has 1 amide bonds. The summed E-state index contributed by atoms with van der Waals surface area (Å²) < 4.78 is 0. The molecule has 0 radical (unpaired) electrons. The van der Waals surface area contributed by atoms with E-state index in [2.05, 4.69) is 10.2 Å². The van der Waals surface area contributed by atoms with E-state index in [9.17, 15) is 4.79 Å². The molecule has 114 valence electrons. The van der Waals surface area contributed by atoms with Gasteiger partial charge in [0, 0.05) is 30.0 Å². The molecule has 1 saturated heterocycles. The van der Waals surface area contributed by atoms with E-state index in [1.807, 2.05) is 24.3 Å². The minimum absolute atomic E-state index is 0.201. The lowest BCUT2D eigenvalue weighted by Gasteiger charge is -2.17. The Kier molecular flexibility index (Phi) is 4.55. The number of halogens is 2. The smallest absolute Gasteiger partial charge is 0.255 e. The Balaban J connectivity index is 1.69. The highest BCUT2D eigenvalue weighted by Gasteiger charge is 2.12. The van der Waals surface area contributed by atoms with Crippen LogP contribution in [-0.2, 0) is 0 Å². The predicted octanol–water partition coefficient (Wildman–Crippen LogP) is 4.85. The van der Waals surface area contributed by atoms with Gasteiger partial charge in [-0.15, -0.1) is 0 Å². The molecule has 22 heavy (non-hydrogen) atoms. The Bertz CT molecular complexity index is 680. The second-order valence-corrected chi connectivity index (χ2v) is 6.14. The number of amides is 1. The number of hydrogen-bond donors (Lipinski definition) is 1. The molecule has 0 aromatic heterocycles. The third kappa shape index (κ3) is 3.37. The lowest BCUT2D eigenvalue weighted by Crippen LogP contribution is -2.17. The quantitative estimate of drug-likeness (QED) is 0.870. The Morgan fingerprint density at radius 2 is 1.64 bits per heavy atom. The van der Waals surface area contributed by atoms with Gasteiger partial charge in [-0.1, -0.05) is 23.2 Å². The molecular formula is C17H16Cl2N2O. The lowest BCUT2D eigenvalue weighted by molar-refractivity contribution is 0.102. The average molecular weight is 335 g/mol. The molecule has 1 N–H and O–H groups in total. The van der Waals surface area contributed by atoms with Crippen LogP contribution in [-0.4, -0.2) is 19.0 Å². The molecule has 0 unspecified atom stereocenters. The summed E-state index contributed by atoms with van der Waals surface area (Å²) in [5.74, 6) is -0.201. The summed E-state index contributed by atoms with van der Waals surface area (Å²) >= 11 is 11.8. The Labute approximate surface area is 139 Å². The van der Waals surface area contributed by atoms with Crippen LogP contribution in [0.15, 0.2) is 42.5 Å². The van der Waals surface area contributed by atoms with Crippen LogP contribution in [0, 0.1) is 0 Å². The van der Waals surface area contributed by atoms with Crippen molar-refractivity contribution in [3.8, 4) is 0 Å². The summed E-state index contributed by atoms with van der Waals surface area (Å²) in [4.78, 5) is 14.5. The predicted molar refractivity (Wildman–Crippen MR) is 92.3 cm³/mol. The molecule has 1 aliphatic heterocycles. The number of nitrogens with zero attached hydrogens (tertiary/aromatic N) is 1. The first-order chi connectivity index (χ1) is 10.6. The third-order valence-corrected chi connectivity index (χ3v) is 4.52. The zero-order valence-electron chi connectivity index (χ0n) is 12.0. The van der Waals surface area contributed by atoms with Gasteiger partial charge in [0.25, 0.3) is 5.91 Å². The topological polar surface area (TPSA) is 32.3 Å². The van der Waals surface area contributed by atoms with Crippen LogP contribution in [0.1, 0.15) is 23.2 Å². The third-order valence-electron chi connectivity index (χ3n) is 3.78. The largest absolute Gasteiger partial charge is 0.372 e. The SMILES string of the molecule is O=C(Nc1ccc(N2CCCC2)cc1)c1ccc(Cl)c(Cl)c1. The van der Waals surface area contributed by atoms with Gasteiger partial charge >= 0.3 is 0 Å². The average Bonchev–Trinajstić information content (AvgIpc) is 3.05. The fourth-order valence-corrected chi connectivity index (χ4v) is 2.87. The lowest BCUT2D eigenvalue weighted by atomic mass is 10.2. The van der Waals surface area contributed by atoms with Crippen LogP contribution in [0.5, 0.6) is 0 Å². The van der Waals surface area contributed by atoms with E-state index in [1.54, 1.807) is 18.2 Å². The van der Waals surface area contributed by atoms with E-state index in [4.69, 9.17) is 23.2 Å². The summed E-state index contributed by atoms with van der Waals surface area (Å²) in [5, 5.41) is 3.68. The Morgan fingerprint density at radius 3 is 2.27 bits per heavy atom. The summed E-state index contributed by atoms with van der Waals surface area (Å²) in [6, 6.07) is 12.8. The second kappa shape index (κ2) is 6.59. The minimum atomic E-state index is -0.201. The van der Waals surface area contributed by atoms with Crippen molar-refractivity contribution >= 4 is 40.5 Å². The number of nitrogens with one attached hydrogen (secondary N) is 1. The molecule has 0 aliphatic carbocycles. The first-order valence-electron chi connectivity index (χ1n) is 7.25. The standard InChI is InChI=1S/C17H16Cl2N2O/c18-15-8-3-12(11-16(15)19)17(22)20-13-4-6-14(7-5-13)21-9-1-2-10-21/h3-8,11H,1-2,9-10H2,(H,20,22). The number of carbonyl (C=O) groups is 1. The number of anilines is 2. The maximum Gasteiger partial charge on any atom is 0.255 e. The molecule has 2 aromatic rings. The van der Waals surface area contributed by atoms with E-state index in [-0.39, 0.29) is 5.91 Å². The number of benzene rings is 2. The summed E-state index contributed by atoms with van der Waals surface area (Å²) in [6.45, 7) is 2.21. The first kappa shape index (κ1) is 15.2.